The van der Waals surface area contributed by atoms with Gasteiger partial charge in [-0.05, 0) is 60.9 Å². The van der Waals surface area contributed by atoms with Crippen molar-refractivity contribution in [1.29, 1.82) is 0 Å². The van der Waals surface area contributed by atoms with Crippen molar-refractivity contribution in [3.05, 3.63) is 89.5 Å². The van der Waals surface area contributed by atoms with Gasteiger partial charge in [-0.25, -0.2) is 4.79 Å². The van der Waals surface area contributed by atoms with Crippen LogP contribution < -0.4 is 20.7 Å². The minimum atomic E-state index is -4.46. The molecule has 0 spiro atoms. The first-order valence-corrected chi connectivity index (χ1v) is 13.3. The maximum Gasteiger partial charge on any atom is 0.416 e. The second-order valence-corrected chi connectivity index (χ2v) is 10.1. The van der Waals surface area contributed by atoms with Crippen LogP contribution in [0.25, 0.3) is 0 Å². The molecule has 0 saturated carbocycles. The molecule has 3 aromatic rings. The molecule has 4 atom stereocenters. The average molecular weight is 570 g/mol. The minimum absolute atomic E-state index is 0.136. The number of halogens is 3. The van der Waals surface area contributed by atoms with Crippen LogP contribution in [0.2, 0.25) is 0 Å². The fourth-order valence-corrected chi connectivity index (χ4v) is 5.27. The van der Waals surface area contributed by atoms with E-state index in [4.69, 9.17) is 9.47 Å². The lowest BCUT2D eigenvalue weighted by Gasteiger charge is -2.37. The Bertz CT molecular complexity index is 1370. The van der Waals surface area contributed by atoms with Crippen LogP contribution >= 0.6 is 0 Å². The Morgan fingerprint density at radius 1 is 0.951 bits per heavy atom. The molecule has 0 bridgehead atoms. The van der Waals surface area contributed by atoms with Gasteiger partial charge in [0.2, 0.25) is 5.91 Å². The number of ether oxygens (including phenoxy) is 2. The summed E-state index contributed by atoms with van der Waals surface area (Å²) in [4.78, 5) is 25.2. The SMILES string of the molecule is O=C(C[C@H]1C[C@H]2c3cc(NC(=O)Nc4ccc(C(F)(F)F)cc4)ccc3O[C@H]2[C@@H](CO)O1)NCCc1ccccc1. The van der Waals surface area contributed by atoms with Crippen LogP contribution in [-0.2, 0) is 22.1 Å². The number of hydrogen-bond acceptors (Lipinski definition) is 5. The number of carbonyl (C=O) groups is 2. The zero-order chi connectivity index (χ0) is 29.0. The number of fused-ring (bicyclic) bond motifs is 3. The third-order valence-electron chi connectivity index (χ3n) is 7.22. The largest absolute Gasteiger partial charge is 0.487 e. The van der Waals surface area contributed by atoms with E-state index in [1.807, 2.05) is 30.3 Å². The predicted molar refractivity (Wildman–Crippen MR) is 146 cm³/mol. The summed E-state index contributed by atoms with van der Waals surface area (Å²) in [5, 5.41) is 18.1. The van der Waals surface area contributed by atoms with Gasteiger partial charge in [0.15, 0.2) is 0 Å². The van der Waals surface area contributed by atoms with Crippen LogP contribution in [0.3, 0.4) is 0 Å². The van der Waals surface area contributed by atoms with Crippen LogP contribution in [0.4, 0.5) is 29.3 Å². The highest BCUT2D eigenvalue weighted by molar-refractivity contribution is 5.99. The lowest BCUT2D eigenvalue weighted by molar-refractivity contribution is -0.142. The maximum atomic E-state index is 12.8. The molecule has 41 heavy (non-hydrogen) atoms. The third-order valence-corrected chi connectivity index (χ3v) is 7.22. The topological polar surface area (TPSA) is 109 Å². The fourth-order valence-electron chi connectivity index (χ4n) is 5.27. The molecule has 8 nitrogen and oxygen atoms in total. The number of aliphatic hydroxyl groups excluding tert-OH is 1. The zero-order valence-corrected chi connectivity index (χ0v) is 22.0. The van der Waals surface area contributed by atoms with Crippen molar-refractivity contribution in [2.24, 2.45) is 0 Å². The summed E-state index contributed by atoms with van der Waals surface area (Å²) in [6.45, 7) is 0.225. The second-order valence-electron chi connectivity index (χ2n) is 10.1. The summed E-state index contributed by atoms with van der Waals surface area (Å²) in [7, 11) is 0. The van der Waals surface area contributed by atoms with Crippen LogP contribution in [0.5, 0.6) is 5.75 Å². The van der Waals surface area contributed by atoms with Gasteiger partial charge in [-0.2, -0.15) is 13.2 Å². The maximum absolute atomic E-state index is 12.8. The number of amides is 3. The average Bonchev–Trinajstić information content (AvgIpc) is 3.31. The number of benzene rings is 3. The van der Waals surface area contributed by atoms with Gasteiger partial charge in [-0.3, -0.25) is 4.79 Å². The molecule has 0 aliphatic carbocycles. The Hall–Kier alpha value is -4.09. The first kappa shape index (κ1) is 28.4. The van der Waals surface area contributed by atoms with Crippen molar-refractivity contribution in [1.82, 2.24) is 5.32 Å². The number of rotatable bonds is 8. The van der Waals surface area contributed by atoms with Crippen LogP contribution in [-0.4, -0.2) is 48.5 Å². The summed E-state index contributed by atoms with van der Waals surface area (Å²) < 4.78 is 50.5. The third kappa shape index (κ3) is 6.98. The second kappa shape index (κ2) is 12.2. The molecule has 216 valence electrons. The van der Waals surface area contributed by atoms with Gasteiger partial charge in [0.25, 0.3) is 0 Å². The molecule has 0 unspecified atom stereocenters. The van der Waals surface area contributed by atoms with Crippen LogP contribution in [0.15, 0.2) is 72.8 Å². The molecule has 1 fully saturated rings. The van der Waals surface area contributed by atoms with E-state index in [1.54, 1.807) is 18.2 Å². The minimum Gasteiger partial charge on any atom is -0.487 e. The molecular weight excluding hydrogens is 539 g/mol. The number of anilines is 2. The van der Waals surface area contributed by atoms with Crippen molar-refractivity contribution in [2.45, 2.75) is 49.7 Å². The monoisotopic (exact) mass is 569 g/mol. The number of carbonyl (C=O) groups excluding carboxylic acids is 2. The summed E-state index contributed by atoms with van der Waals surface area (Å²) in [6, 6.07) is 18.5. The van der Waals surface area contributed by atoms with Crippen molar-refractivity contribution < 1.29 is 37.3 Å². The molecular formula is C30H30F3N3O5. The van der Waals surface area contributed by atoms with Crippen molar-refractivity contribution in [3.63, 3.8) is 0 Å². The van der Waals surface area contributed by atoms with Gasteiger partial charge in [0.05, 0.1) is 24.7 Å². The van der Waals surface area contributed by atoms with Crippen LogP contribution in [0, 0.1) is 0 Å². The normalized spacial score (nSPS) is 21.3. The molecule has 2 aliphatic rings. The van der Waals surface area contributed by atoms with E-state index < -0.39 is 36.1 Å². The number of nitrogens with one attached hydrogen (secondary N) is 3. The van der Waals surface area contributed by atoms with E-state index in [0.717, 1.165) is 23.3 Å². The van der Waals surface area contributed by atoms with E-state index in [2.05, 4.69) is 16.0 Å². The fraction of sp³-hybridized carbons (Fsp3) is 0.333. The predicted octanol–water partition coefficient (Wildman–Crippen LogP) is 5.09. The van der Waals surface area contributed by atoms with E-state index in [1.165, 1.54) is 12.1 Å². The Labute approximate surface area is 234 Å². The molecule has 3 amide bonds. The first-order valence-electron chi connectivity index (χ1n) is 13.3. The molecule has 5 rings (SSSR count). The molecule has 3 aromatic carbocycles. The highest BCUT2D eigenvalue weighted by Crippen LogP contribution is 2.47. The molecule has 2 aliphatic heterocycles. The summed E-state index contributed by atoms with van der Waals surface area (Å²) in [5.74, 6) is 0.289. The van der Waals surface area contributed by atoms with Gasteiger partial charge in [0, 0.05) is 29.4 Å². The van der Waals surface area contributed by atoms with E-state index in [9.17, 15) is 27.9 Å². The van der Waals surface area contributed by atoms with E-state index in [0.29, 0.717) is 30.8 Å². The quantitative estimate of drug-likeness (QED) is 0.302. The summed E-state index contributed by atoms with van der Waals surface area (Å²) in [6.07, 6.45) is -4.62. The van der Waals surface area contributed by atoms with Crippen LogP contribution in [0.1, 0.15) is 35.4 Å². The molecule has 0 aromatic heterocycles. The van der Waals surface area contributed by atoms with Gasteiger partial charge < -0.3 is 30.5 Å². The number of aliphatic hydroxyl groups is 1. The van der Waals surface area contributed by atoms with E-state index >= 15 is 0 Å². The summed E-state index contributed by atoms with van der Waals surface area (Å²) in [5.41, 5.74) is 1.80. The molecule has 2 heterocycles. The Kier molecular flexibility index (Phi) is 8.46. The standard InChI is InChI=1S/C30H30F3N3O5/c31-30(32,33)19-6-8-20(9-7-19)35-29(39)36-21-10-11-25-23(14-21)24-15-22(40-26(17-37)28(24)41-25)16-27(38)34-13-12-18-4-2-1-3-5-18/h1-11,14,22,24,26,28,37H,12-13,15-17H2,(H,34,38)(H2,35,36,39)/t22-,24+,26-,28-/m1/s1. The molecule has 1 saturated heterocycles. The molecule has 11 heteroatoms. The lowest BCUT2D eigenvalue weighted by atomic mass is 9.84. The summed E-state index contributed by atoms with van der Waals surface area (Å²) >= 11 is 0. The van der Waals surface area contributed by atoms with Gasteiger partial charge in [-0.15, -0.1) is 0 Å². The highest BCUT2D eigenvalue weighted by atomic mass is 19.4. The zero-order valence-electron chi connectivity index (χ0n) is 22.0. The number of hydrogen-bond donors (Lipinski definition) is 4. The first-order chi connectivity index (χ1) is 19.7. The van der Waals surface area contributed by atoms with Gasteiger partial charge in [-0.1, -0.05) is 30.3 Å². The number of urea groups is 1. The van der Waals surface area contributed by atoms with Gasteiger partial charge >= 0.3 is 12.2 Å². The number of alkyl halides is 3. The van der Waals surface area contributed by atoms with Crippen molar-refractivity contribution in [2.75, 3.05) is 23.8 Å². The Morgan fingerprint density at radius 2 is 1.66 bits per heavy atom. The van der Waals surface area contributed by atoms with E-state index in [-0.39, 0.29) is 30.5 Å². The highest BCUT2D eigenvalue weighted by Gasteiger charge is 2.46. The smallest absolute Gasteiger partial charge is 0.416 e. The Balaban J connectivity index is 1.19. The molecule has 4 N–H and O–H groups in total. The lowest BCUT2D eigenvalue weighted by Crippen LogP contribution is -2.47. The Morgan fingerprint density at radius 3 is 2.37 bits per heavy atom. The van der Waals surface area contributed by atoms with Gasteiger partial charge in [0.1, 0.15) is 18.0 Å². The molecule has 0 radical (unpaired) electrons. The van der Waals surface area contributed by atoms with Crippen molar-refractivity contribution >= 4 is 23.3 Å². The van der Waals surface area contributed by atoms with Crippen molar-refractivity contribution in [3.8, 4) is 5.75 Å².